The first-order chi connectivity index (χ1) is 34.1. The number of carbonyl (C=O) groups excluding carboxylic acids is 5. The average Bonchev–Trinajstić information content (AvgIpc) is 3.37. The molecule has 0 atom stereocenters. The molecule has 8 heteroatoms. The van der Waals surface area contributed by atoms with Crippen molar-refractivity contribution in [3.05, 3.63) is 194 Å². The Hall–Kier alpha value is -7.19. The lowest BCUT2D eigenvalue weighted by atomic mass is 9.81. The normalized spacial score (nSPS) is 11.9. The van der Waals surface area contributed by atoms with Gasteiger partial charge in [-0.1, -0.05) is 170 Å². The molecule has 1 aliphatic rings. The van der Waals surface area contributed by atoms with Crippen LogP contribution in [0.3, 0.4) is 0 Å². The molecule has 2 amide bonds. The number of ketones is 2. The van der Waals surface area contributed by atoms with Gasteiger partial charge in [0.2, 0.25) is 0 Å². The highest BCUT2D eigenvalue weighted by molar-refractivity contribution is 6.34. The number of rotatable bonds is 23. The van der Waals surface area contributed by atoms with Crippen LogP contribution in [0, 0.1) is 6.92 Å². The van der Waals surface area contributed by atoms with Gasteiger partial charge in [-0.2, -0.15) is 0 Å². The van der Waals surface area contributed by atoms with Gasteiger partial charge in [-0.3, -0.25) is 19.2 Å². The summed E-state index contributed by atoms with van der Waals surface area (Å²) >= 11 is 0. The van der Waals surface area contributed by atoms with Gasteiger partial charge in [-0.25, -0.2) is 4.79 Å². The van der Waals surface area contributed by atoms with Gasteiger partial charge in [0, 0.05) is 22.3 Å². The third kappa shape index (κ3) is 12.9. The number of aryl methyl sites for hydroxylation is 4. The maximum absolute atomic E-state index is 14.8. The van der Waals surface area contributed by atoms with Crippen molar-refractivity contribution in [2.75, 3.05) is 10.6 Å². The van der Waals surface area contributed by atoms with Crippen LogP contribution in [0.1, 0.15) is 194 Å². The number of carbonyl (C=O) groups is 5. The van der Waals surface area contributed by atoms with Crippen LogP contribution in [0.2, 0.25) is 0 Å². The van der Waals surface area contributed by atoms with Crippen LogP contribution >= 0.6 is 0 Å². The number of benzene rings is 6. The van der Waals surface area contributed by atoms with E-state index in [1.165, 1.54) is 50.2 Å². The molecule has 6 aromatic rings. The highest BCUT2D eigenvalue weighted by atomic mass is 16.5. The lowest BCUT2D eigenvalue weighted by Gasteiger charge is -2.25. The molecule has 0 heterocycles. The molecule has 70 heavy (non-hydrogen) atoms. The van der Waals surface area contributed by atoms with Gasteiger partial charge in [0.1, 0.15) is 5.75 Å². The zero-order chi connectivity index (χ0) is 49.4. The first kappa shape index (κ1) is 50.7. The summed E-state index contributed by atoms with van der Waals surface area (Å²) < 4.78 is 6.06. The summed E-state index contributed by atoms with van der Waals surface area (Å²) in [6, 6.07) is 36.1. The lowest BCUT2D eigenvalue weighted by Crippen LogP contribution is -2.28. The molecule has 1 aliphatic carbocycles. The summed E-state index contributed by atoms with van der Waals surface area (Å²) in [5.74, 6) is -2.93. The number of hydrogen-bond donors (Lipinski definition) is 2. The Morgan fingerprint density at radius 3 is 1.56 bits per heavy atom. The van der Waals surface area contributed by atoms with Gasteiger partial charge in [0.25, 0.3) is 11.8 Å². The van der Waals surface area contributed by atoms with Crippen molar-refractivity contribution in [3.8, 4) is 5.75 Å². The van der Waals surface area contributed by atoms with Gasteiger partial charge in [-0.05, 0) is 121 Å². The molecule has 7 rings (SSSR count). The molecule has 0 saturated carbocycles. The van der Waals surface area contributed by atoms with Crippen LogP contribution < -0.4 is 15.4 Å². The van der Waals surface area contributed by atoms with E-state index in [1.54, 1.807) is 60.7 Å². The van der Waals surface area contributed by atoms with Crippen LogP contribution in [-0.4, -0.2) is 29.4 Å². The lowest BCUT2D eigenvalue weighted by molar-refractivity contribution is 0.0735. The number of hydrogen-bond acceptors (Lipinski definition) is 6. The zero-order valence-electron chi connectivity index (χ0n) is 41.3. The van der Waals surface area contributed by atoms with Gasteiger partial charge in [0.15, 0.2) is 11.6 Å². The largest absolute Gasteiger partial charge is 0.423 e. The molecule has 8 nitrogen and oxygen atoms in total. The maximum atomic E-state index is 14.8. The third-order valence-electron chi connectivity index (χ3n) is 13.2. The van der Waals surface area contributed by atoms with E-state index in [-0.39, 0.29) is 44.9 Å². The molecule has 0 unspecified atom stereocenters. The molecule has 6 aromatic carbocycles. The molecule has 0 fully saturated rings. The fraction of sp³-hybridized carbons (Fsp3) is 0.306. The van der Waals surface area contributed by atoms with E-state index in [0.29, 0.717) is 11.1 Å². The van der Waals surface area contributed by atoms with Gasteiger partial charge >= 0.3 is 5.97 Å². The van der Waals surface area contributed by atoms with E-state index < -0.39 is 29.4 Å². The minimum Gasteiger partial charge on any atom is -0.423 e. The number of nitrogens with one attached hydrogen (secondary N) is 2. The second-order valence-corrected chi connectivity index (χ2v) is 18.5. The summed E-state index contributed by atoms with van der Waals surface area (Å²) in [4.78, 5) is 72.4. The van der Waals surface area contributed by atoms with E-state index in [9.17, 15) is 24.0 Å². The van der Waals surface area contributed by atoms with Gasteiger partial charge in [0.05, 0.1) is 28.1 Å². The first-order valence-electron chi connectivity index (χ1n) is 25.4. The minimum atomic E-state index is -0.903. The van der Waals surface area contributed by atoms with Crippen molar-refractivity contribution in [1.82, 2.24) is 0 Å². The van der Waals surface area contributed by atoms with Gasteiger partial charge in [-0.15, -0.1) is 0 Å². The summed E-state index contributed by atoms with van der Waals surface area (Å²) in [5, 5.41) is 5.74. The predicted molar refractivity (Wildman–Crippen MR) is 284 cm³/mol. The topological polar surface area (TPSA) is 119 Å². The summed E-state index contributed by atoms with van der Waals surface area (Å²) in [6.45, 7) is 8.49. The number of unbranched alkanes of at least 4 members (excludes halogenated alkanes) is 9. The fourth-order valence-electron chi connectivity index (χ4n) is 9.00. The highest BCUT2D eigenvalue weighted by Crippen LogP contribution is 2.40. The molecule has 0 radical (unpaired) electrons. The van der Waals surface area contributed by atoms with Crippen LogP contribution in [0.5, 0.6) is 5.75 Å². The Kier molecular flexibility index (Phi) is 18.0. The van der Waals surface area contributed by atoms with Crippen molar-refractivity contribution in [1.29, 1.82) is 0 Å². The Labute approximate surface area is 414 Å². The minimum absolute atomic E-state index is 0.0591. The number of fused-ring (bicyclic) bond motifs is 2. The van der Waals surface area contributed by atoms with E-state index in [0.717, 1.165) is 85.6 Å². The third-order valence-corrected chi connectivity index (χ3v) is 13.2. The zero-order valence-corrected chi connectivity index (χ0v) is 41.3. The van der Waals surface area contributed by atoms with E-state index in [1.807, 2.05) is 49.4 Å². The van der Waals surface area contributed by atoms with Crippen molar-refractivity contribution in [3.63, 3.8) is 0 Å². The number of anilines is 2. The quantitative estimate of drug-likeness (QED) is 0.0285. The second-order valence-electron chi connectivity index (χ2n) is 18.5. The second kappa shape index (κ2) is 24.9. The molecule has 360 valence electrons. The molecule has 0 aliphatic heterocycles. The molecular weight excluding hydrogens is 869 g/mol. The summed E-state index contributed by atoms with van der Waals surface area (Å²) in [7, 11) is 0. The van der Waals surface area contributed by atoms with Crippen molar-refractivity contribution in [2.45, 2.75) is 124 Å². The maximum Gasteiger partial charge on any atom is 0.345 e. The molecule has 0 saturated heterocycles. The van der Waals surface area contributed by atoms with Crippen LogP contribution in [-0.2, 0) is 19.3 Å². The molecule has 0 aromatic heterocycles. The summed E-state index contributed by atoms with van der Waals surface area (Å²) in [5.41, 5.74) is 6.43. The Morgan fingerprint density at radius 2 is 1.01 bits per heavy atom. The number of ether oxygens (including phenoxy) is 1. The standard InChI is InChI=1S/C62H66N2O6/c1-5-8-11-13-15-20-44-29-34-48(35-30-44)60(67)63-54-41-53(62(69)70-50-39-38-47(42(4)40-50)33-28-46-26-24-43(25-27-46)19-10-7-3)57(56-55(54)58(65)51-22-17-18-23-52(51)59(56)66)64-61(68)49-36-31-45(32-37-49)21-16-14-12-9-6-2/h17-18,22-41H,5-16,19-21H2,1-4H3,(H,63,67)(H,64,68)/b33-28+. The van der Waals surface area contributed by atoms with E-state index in [4.69, 9.17) is 4.74 Å². The molecule has 0 bridgehead atoms. The molecular formula is C62H66N2O6. The predicted octanol–water partition coefficient (Wildman–Crippen LogP) is 15.0. The van der Waals surface area contributed by atoms with E-state index >= 15 is 0 Å². The smallest absolute Gasteiger partial charge is 0.345 e. The molecule has 2 N–H and O–H groups in total. The number of esters is 1. The van der Waals surface area contributed by atoms with Crippen molar-refractivity contribution >= 4 is 52.9 Å². The van der Waals surface area contributed by atoms with Crippen LogP contribution in [0.25, 0.3) is 12.2 Å². The summed E-state index contributed by atoms with van der Waals surface area (Å²) in [6.07, 6.45) is 20.7. The Balaban J connectivity index is 1.23. The average molecular weight is 935 g/mol. The Bertz CT molecular complexity index is 2840. The fourth-order valence-corrected chi connectivity index (χ4v) is 9.00. The number of amides is 2. The molecule has 0 spiro atoms. The Morgan fingerprint density at radius 1 is 0.514 bits per heavy atom. The highest BCUT2D eigenvalue weighted by Gasteiger charge is 2.38. The van der Waals surface area contributed by atoms with Gasteiger partial charge < -0.3 is 15.4 Å². The van der Waals surface area contributed by atoms with Crippen LogP contribution in [0.4, 0.5) is 11.4 Å². The van der Waals surface area contributed by atoms with Crippen molar-refractivity contribution < 1.29 is 28.7 Å². The first-order valence-corrected chi connectivity index (χ1v) is 25.4. The van der Waals surface area contributed by atoms with Crippen LogP contribution in [0.15, 0.2) is 121 Å². The van der Waals surface area contributed by atoms with E-state index in [2.05, 4.69) is 55.7 Å². The monoisotopic (exact) mass is 934 g/mol. The van der Waals surface area contributed by atoms with Crippen molar-refractivity contribution in [2.24, 2.45) is 0 Å². The SMILES string of the molecule is CCCCCCCc1ccc(C(=O)Nc2cc(C(=O)Oc3ccc(/C=C/c4ccc(CCCC)cc4)c(C)c3)c(NC(=O)c3ccc(CCCCCCC)cc3)c3c2C(=O)c2ccccc2C3=O)cc1.